The Morgan fingerprint density at radius 2 is 2.12 bits per heavy atom. The Bertz CT molecular complexity index is 298. The molecular weight excluding hydrogens is 266 g/mol. The minimum absolute atomic E-state index is 0.668. The highest BCUT2D eigenvalue weighted by Crippen LogP contribution is 2.25. The second-order valence-corrected chi connectivity index (χ2v) is 5.03. The summed E-state index contributed by atoms with van der Waals surface area (Å²) >= 11 is 3.53. The van der Waals surface area contributed by atoms with E-state index in [-0.39, 0.29) is 0 Å². The lowest BCUT2D eigenvalue weighted by Gasteiger charge is -2.34. The largest absolute Gasteiger partial charge is 0.353 e. The Morgan fingerprint density at radius 1 is 1.31 bits per heavy atom. The molecule has 2 rings (SSSR count). The molecule has 1 aromatic heterocycles. The topological polar surface area (TPSA) is 29.0 Å². The summed E-state index contributed by atoms with van der Waals surface area (Å²) in [6.45, 7) is 1.03. The van der Waals surface area contributed by atoms with Crippen molar-refractivity contribution in [1.29, 1.82) is 0 Å². The molecule has 1 aliphatic carbocycles. The fraction of sp³-hybridized carbons (Fsp3) is 0.667. The molecule has 1 aromatic rings. The first kappa shape index (κ1) is 11.8. The van der Waals surface area contributed by atoms with Crippen LogP contribution in [-0.2, 0) is 0 Å². The molecule has 88 valence electrons. The highest BCUT2D eigenvalue weighted by molar-refractivity contribution is 9.09. The molecule has 0 unspecified atom stereocenters. The van der Waals surface area contributed by atoms with Gasteiger partial charge in [0.05, 0.1) is 0 Å². The smallest absolute Gasteiger partial charge is 0.132 e. The van der Waals surface area contributed by atoms with E-state index in [1.807, 2.05) is 12.3 Å². The number of anilines is 1. The van der Waals surface area contributed by atoms with E-state index in [2.05, 4.69) is 30.8 Å². The summed E-state index contributed by atoms with van der Waals surface area (Å²) in [5.41, 5.74) is 0. The van der Waals surface area contributed by atoms with Crippen LogP contribution in [0.4, 0.5) is 5.82 Å². The summed E-state index contributed by atoms with van der Waals surface area (Å²) in [5.74, 6) is 1.07. The van der Waals surface area contributed by atoms with E-state index in [1.165, 1.54) is 32.1 Å². The molecule has 1 saturated carbocycles. The SMILES string of the molecule is BrCCN(c1ccncn1)C1CCCCC1. The van der Waals surface area contributed by atoms with Crippen LogP contribution in [0.25, 0.3) is 0 Å². The maximum Gasteiger partial charge on any atom is 0.132 e. The van der Waals surface area contributed by atoms with Crippen LogP contribution in [0.3, 0.4) is 0 Å². The van der Waals surface area contributed by atoms with Crippen LogP contribution in [0.2, 0.25) is 0 Å². The van der Waals surface area contributed by atoms with Gasteiger partial charge in [-0.3, -0.25) is 0 Å². The average Bonchev–Trinajstić information content (AvgIpc) is 2.38. The zero-order chi connectivity index (χ0) is 11.2. The van der Waals surface area contributed by atoms with Gasteiger partial charge >= 0.3 is 0 Å². The van der Waals surface area contributed by atoms with Crippen LogP contribution in [0.15, 0.2) is 18.6 Å². The van der Waals surface area contributed by atoms with E-state index >= 15 is 0 Å². The minimum atomic E-state index is 0.668. The summed E-state index contributed by atoms with van der Waals surface area (Å²) in [6.07, 6.45) is 10.2. The van der Waals surface area contributed by atoms with Crippen molar-refractivity contribution in [3.05, 3.63) is 18.6 Å². The number of alkyl halides is 1. The molecule has 0 aromatic carbocycles. The Kier molecular flexibility index (Phi) is 4.57. The van der Waals surface area contributed by atoms with Crippen LogP contribution in [-0.4, -0.2) is 27.9 Å². The molecule has 3 nitrogen and oxygen atoms in total. The molecule has 0 amide bonds. The van der Waals surface area contributed by atoms with Crippen molar-refractivity contribution in [2.45, 2.75) is 38.1 Å². The molecule has 0 spiro atoms. The van der Waals surface area contributed by atoms with Gasteiger partial charge < -0.3 is 4.90 Å². The van der Waals surface area contributed by atoms with Crippen LogP contribution < -0.4 is 4.90 Å². The van der Waals surface area contributed by atoms with Crippen molar-refractivity contribution in [3.63, 3.8) is 0 Å². The fourth-order valence-electron chi connectivity index (χ4n) is 2.42. The second kappa shape index (κ2) is 6.18. The number of hydrogen-bond acceptors (Lipinski definition) is 3. The zero-order valence-electron chi connectivity index (χ0n) is 9.48. The van der Waals surface area contributed by atoms with Gasteiger partial charge in [-0.05, 0) is 18.9 Å². The highest BCUT2D eigenvalue weighted by Gasteiger charge is 2.21. The summed E-state index contributed by atoms with van der Waals surface area (Å²) in [5, 5.41) is 0.994. The van der Waals surface area contributed by atoms with Gasteiger partial charge in [0.1, 0.15) is 12.1 Å². The van der Waals surface area contributed by atoms with E-state index in [9.17, 15) is 0 Å². The number of hydrogen-bond donors (Lipinski definition) is 0. The Balaban J connectivity index is 2.09. The van der Waals surface area contributed by atoms with Crippen molar-refractivity contribution >= 4 is 21.7 Å². The standard InChI is InChI=1S/C12H18BrN3/c13-7-9-16(11-4-2-1-3-5-11)12-6-8-14-10-15-12/h6,8,10-11H,1-5,7,9H2. The van der Waals surface area contributed by atoms with Crippen molar-refractivity contribution in [3.8, 4) is 0 Å². The molecule has 16 heavy (non-hydrogen) atoms. The van der Waals surface area contributed by atoms with Crippen molar-refractivity contribution in [2.75, 3.05) is 16.8 Å². The molecule has 0 N–H and O–H groups in total. The predicted octanol–water partition coefficient (Wildman–Crippen LogP) is 3.01. The van der Waals surface area contributed by atoms with E-state index in [0.717, 1.165) is 17.7 Å². The summed E-state index contributed by atoms with van der Waals surface area (Å²) in [7, 11) is 0. The van der Waals surface area contributed by atoms with Crippen LogP contribution in [0, 0.1) is 0 Å². The Labute approximate surface area is 105 Å². The van der Waals surface area contributed by atoms with Crippen LogP contribution in [0.1, 0.15) is 32.1 Å². The van der Waals surface area contributed by atoms with Gasteiger partial charge in [0.2, 0.25) is 0 Å². The molecule has 0 bridgehead atoms. The van der Waals surface area contributed by atoms with Crippen LogP contribution >= 0.6 is 15.9 Å². The molecule has 0 aliphatic heterocycles. The van der Waals surface area contributed by atoms with Gasteiger partial charge in [-0.15, -0.1) is 0 Å². The van der Waals surface area contributed by atoms with E-state index in [1.54, 1.807) is 6.33 Å². The fourth-order valence-corrected chi connectivity index (χ4v) is 2.80. The number of rotatable bonds is 4. The molecule has 1 heterocycles. The summed E-state index contributed by atoms with van der Waals surface area (Å²) < 4.78 is 0. The monoisotopic (exact) mass is 283 g/mol. The lowest BCUT2D eigenvalue weighted by Crippen LogP contribution is -2.38. The number of halogens is 1. The molecule has 1 fully saturated rings. The van der Waals surface area contributed by atoms with Gasteiger partial charge in [-0.1, -0.05) is 35.2 Å². The molecule has 0 saturated heterocycles. The molecule has 1 aliphatic rings. The second-order valence-electron chi connectivity index (χ2n) is 4.24. The van der Waals surface area contributed by atoms with Crippen molar-refractivity contribution in [1.82, 2.24) is 9.97 Å². The quantitative estimate of drug-likeness (QED) is 0.796. The highest BCUT2D eigenvalue weighted by atomic mass is 79.9. The minimum Gasteiger partial charge on any atom is -0.353 e. The van der Waals surface area contributed by atoms with Crippen LogP contribution in [0.5, 0.6) is 0 Å². The number of nitrogens with zero attached hydrogens (tertiary/aromatic N) is 3. The van der Waals surface area contributed by atoms with Gasteiger partial charge in [-0.25, -0.2) is 9.97 Å². The van der Waals surface area contributed by atoms with E-state index in [4.69, 9.17) is 0 Å². The van der Waals surface area contributed by atoms with Gasteiger partial charge in [0, 0.05) is 24.1 Å². The predicted molar refractivity (Wildman–Crippen MR) is 70.0 cm³/mol. The van der Waals surface area contributed by atoms with Crippen molar-refractivity contribution in [2.24, 2.45) is 0 Å². The maximum absolute atomic E-state index is 4.37. The van der Waals surface area contributed by atoms with Gasteiger partial charge in [0.15, 0.2) is 0 Å². The molecular formula is C12H18BrN3. The van der Waals surface area contributed by atoms with Crippen molar-refractivity contribution < 1.29 is 0 Å². The van der Waals surface area contributed by atoms with E-state index < -0.39 is 0 Å². The summed E-state index contributed by atoms with van der Waals surface area (Å²) in [4.78, 5) is 10.8. The zero-order valence-corrected chi connectivity index (χ0v) is 11.1. The first-order chi connectivity index (χ1) is 7.92. The Morgan fingerprint density at radius 3 is 2.75 bits per heavy atom. The third kappa shape index (κ3) is 2.94. The third-order valence-electron chi connectivity index (χ3n) is 3.20. The maximum atomic E-state index is 4.37. The molecule has 0 atom stereocenters. The lowest BCUT2D eigenvalue weighted by atomic mass is 9.94. The molecule has 4 heteroatoms. The third-order valence-corrected chi connectivity index (χ3v) is 3.56. The molecule has 0 radical (unpaired) electrons. The van der Waals surface area contributed by atoms with Gasteiger partial charge in [-0.2, -0.15) is 0 Å². The average molecular weight is 284 g/mol. The first-order valence-electron chi connectivity index (χ1n) is 6.00. The number of aromatic nitrogens is 2. The first-order valence-corrected chi connectivity index (χ1v) is 7.12. The Hall–Kier alpha value is -0.640. The lowest BCUT2D eigenvalue weighted by molar-refractivity contribution is 0.417. The normalized spacial score (nSPS) is 17.3. The summed E-state index contributed by atoms with van der Waals surface area (Å²) in [6, 6.07) is 2.68. The van der Waals surface area contributed by atoms with Gasteiger partial charge in [0.25, 0.3) is 0 Å². The van der Waals surface area contributed by atoms with E-state index in [0.29, 0.717) is 6.04 Å².